The highest BCUT2D eigenvalue weighted by atomic mass is 35.5. The summed E-state index contributed by atoms with van der Waals surface area (Å²) in [7, 11) is 0. The Morgan fingerprint density at radius 3 is 2.25 bits per heavy atom. The molecule has 0 rings (SSSR count). The summed E-state index contributed by atoms with van der Waals surface area (Å²) < 4.78 is 0. The Hall–Kier alpha value is -1.50. The Balaban J connectivity index is 0. The van der Waals surface area contributed by atoms with Gasteiger partial charge in [0.25, 0.3) is 0 Å². The van der Waals surface area contributed by atoms with E-state index in [9.17, 15) is 9.59 Å². The van der Waals surface area contributed by atoms with Gasteiger partial charge in [0.1, 0.15) is 6.04 Å². The molecule has 0 fully saturated rings. The lowest BCUT2D eigenvalue weighted by Gasteiger charge is -2.12. The summed E-state index contributed by atoms with van der Waals surface area (Å²) in [6.45, 7) is 1.73. The van der Waals surface area contributed by atoms with Crippen LogP contribution in [0.25, 0.3) is 0 Å². The third kappa shape index (κ3) is 9.07. The van der Waals surface area contributed by atoms with Crippen LogP contribution in [-0.4, -0.2) is 30.4 Å². The summed E-state index contributed by atoms with van der Waals surface area (Å²) in [5.41, 5.74) is 15.3. The molecule has 0 unspecified atom stereocenters. The standard InChI is InChI=1S/C8H17N5O2.ClH/c1-5(14)13-6(7(9)15)3-2-4-12-8(10)11;/h6H,2-4H2,1H3,(H2,9,15)(H,13,14)(H4,10,11,12);1H/t6-;/m0./s1. The zero-order valence-corrected chi connectivity index (χ0v) is 9.92. The molecule has 0 bridgehead atoms. The van der Waals surface area contributed by atoms with Crippen LogP contribution in [-0.2, 0) is 9.59 Å². The van der Waals surface area contributed by atoms with Crippen molar-refractivity contribution in [3.63, 3.8) is 0 Å². The van der Waals surface area contributed by atoms with E-state index in [0.717, 1.165) is 0 Å². The highest BCUT2D eigenvalue weighted by Gasteiger charge is 2.14. The van der Waals surface area contributed by atoms with Gasteiger partial charge in [-0.3, -0.25) is 14.6 Å². The van der Waals surface area contributed by atoms with E-state index in [1.165, 1.54) is 6.92 Å². The number of guanidine groups is 1. The predicted molar refractivity (Wildman–Crippen MR) is 64.0 cm³/mol. The number of primary amides is 1. The largest absolute Gasteiger partial charge is 0.370 e. The first-order valence-corrected chi connectivity index (χ1v) is 4.55. The van der Waals surface area contributed by atoms with Crippen molar-refractivity contribution < 1.29 is 9.59 Å². The fourth-order valence-corrected chi connectivity index (χ4v) is 1.03. The Morgan fingerprint density at radius 1 is 1.31 bits per heavy atom. The normalized spacial score (nSPS) is 10.8. The summed E-state index contributed by atoms with van der Waals surface area (Å²) >= 11 is 0. The number of nitrogens with zero attached hydrogens (tertiary/aromatic N) is 1. The minimum atomic E-state index is -0.656. The number of carbonyl (C=O) groups is 2. The van der Waals surface area contributed by atoms with Gasteiger partial charge in [-0.05, 0) is 12.8 Å². The van der Waals surface area contributed by atoms with E-state index in [4.69, 9.17) is 17.2 Å². The molecule has 0 aliphatic heterocycles. The van der Waals surface area contributed by atoms with Gasteiger partial charge in [-0.2, -0.15) is 0 Å². The molecule has 0 heterocycles. The third-order valence-electron chi connectivity index (χ3n) is 1.67. The van der Waals surface area contributed by atoms with Crippen molar-refractivity contribution >= 4 is 30.2 Å². The maximum atomic E-state index is 10.9. The van der Waals surface area contributed by atoms with Gasteiger partial charge in [0.2, 0.25) is 11.8 Å². The van der Waals surface area contributed by atoms with Crippen LogP contribution in [0.4, 0.5) is 0 Å². The predicted octanol–water partition coefficient (Wildman–Crippen LogP) is -1.55. The molecule has 7 N–H and O–H groups in total. The zero-order valence-electron chi connectivity index (χ0n) is 9.10. The van der Waals surface area contributed by atoms with Gasteiger partial charge in [0.15, 0.2) is 5.96 Å². The van der Waals surface area contributed by atoms with Gasteiger partial charge >= 0.3 is 0 Å². The lowest BCUT2D eigenvalue weighted by molar-refractivity contribution is -0.126. The molecule has 1 atom stereocenters. The van der Waals surface area contributed by atoms with Crippen LogP contribution in [0.5, 0.6) is 0 Å². The van der Waals surface area contributed by atoms with E-state index in [-0.39, 0.29) is 24.3 Å². The maximum absolute atomic E-state index is 10.9. The average Bonchev–Trinajstić information content (AvgIpc) is 2.08. The molecule has 0 radical (unpaired) electrons. The summed E-state index contributed by atoms with van der Waals surface area (Å²) in [5.74, 6) is -0.847. The van der Waals surface area contributed by atoms with Crippen LogP contribution in [0, 0.1) is 0 Å². The van der Waals surface area contributed by atoms with Gasteiger partial charge in [-0.25, -0.2) is 0 Å². The second kappa shape index (κ2) is 8.78. The number of hydrogen-bond acceptors (Lipinski definition) is 3. The van der Waals surface area contributed by atoms with Crippen LogP contribution in [0.2, 0.25) is 0 Å². The maximum Gasteiger partial charge on any atom is 0.240 e. The molecule has 0 aromatic carbocycles. The van der Waals surface area contributed by atoms with Crippen molar-refractivity contribution in [1.29, 1.82) is 0 Å². The van der Waals surface area contributed by atoms with E-state index < -0.39 is 11.9 Å². The molecular weight excluding hydrogens is 234 g/mol. The number of carbonyl (C=O) groups excluding carboxylic acids is 2. The summed E-state index contributed by atoms with van der Waals surface area (Å²) in [4.78, 5) is 25.3. The van der Waals surface area contributed by atoms with Gasteiger partial charge < -0.3 is 22.5 Å². The molecule has 8 heteroatoms. The quantitative estimate of drug-likeness (QED) is 0.258. The Bertz CT molecular complexity index is 265. The Labute approximate surface area is 100 Å². The molecular formula is C8H18ClN5O2. The van der Waals surface area contributed by atoms with E-state index in [2.05, 4.69) is 10.3 Å². The Kier molecular flexibility index (Phi) is 9.28. The number of halogens is 1. The van der Waals surface area contributed by atoms with Gasteiger partial charge in [0, 0.05) is 13.5 Å². The number of nitrogens with one attached hydrogen (secondary N) is 1. The number of hydrogen-bond donors (Lipinski definition) is 4. The molecule has 7 nitrogen and oxygen atoms in total. The Morgan fingerprint density at radius 2 is 1.88 bits per heavy atom. The lowest BCUT2D eigenvalue weighted by atomic mass is 10.1. The van der Waals surface area contributed by atoms with Gasteiger partial charge in [-0.15, -0.1) is 12.4 Å². The first-order chi connectivity index (χ1) is 6.93. The molecule has 2 amide bonds. The van der Waals surface area contributed by atoms with Crippen LogP contribution >= 0.6 is 12.4 Å². The monoisotopic (exact) mass is 251 g/mol. The summed E-state index contributed by atoms with van der Waals surface area (Å²) in [6.07, 6.45) is 0.998. The van der Waals surface area contributed by atoms with Crippen LogP contribution < -0.4 is 22.5 Å². The van der Waals surface area contributed by atoms with Crippen molar-refractivity contribution in [2.75, 3.05) is 6.54 Å². The van der Waals surface area contributed by atoms with E-state index in [1.807, 2.05) is 0 Å². The number of rotatable bonds is 6. The number of nitrogens with two attached hydrogens (primary N) is 3. The molecule has 0 aromatic heterocycles. The fourth-order valence-electron chi connectivity index (χ4n) is 1.03. The summed E-state index contributed by atoms with van der Waals surface area (Å²) in [5, 5.41) is 2.44. The minimum Gasteiger partial charge on any atom is -0.370 e. The van der Waals surface area contributed by atoms with Crippen molar-refractivity contribution in [2.45, 2.75) is 25.8 Å². The van der Waals surface area contributed by atoms with Gasteiger partial charge in [-0.1, -0.05) is 0 Å². The topological polar surface area (TPSA) is 137 Å². The lowest BCUT2D eigenvalue weighted by Crippen LogP contribution is -2.43. The SMILES string of the molecule is CC(=O)N[C@@H](CCCN=C(N)N)C(N)=O.Cl. The van der Waals surface area contributed by atoms with Gasteiger partial charge in [0.05, 0.1) is 0 Å². The van der Waals surface area contributed by atoms with E-state index >= 15 is 0 Å². The van der Waals surface area contributed by atoms with Crippen molar-refractivity contribution in [3.05, 3.63) is 0 Å². The molecule has 16 heavy (non-hydrogen) atoms. The van der Waals surface area contributed by atoms with Crippen LogP contribution in [0.1, 0.15) is 19.8 Å². The second-order valence-corrected chi connectivity index (χ2v) is 3.10. The van der Waals surface area contributed by atoms with Crippen LogP contribution in [0.3, 0.4) is 0 Å². The summed E-state index contributed by atoms with van der Waals surface area (Å²) in [6, 6.07) is -0.656. The smallest absolute Gasteiger partial charge is 0.240 e. The fraction of sp³-hybridized carbons (Fsp3) is 0.625. The van der Waals surface area contributed by atoms with E-state index in [0.29, 0.717) is 19.4 Å². The minimum absolute atomic E-state index is 0. The molecule has 94 valence electrons. The second-order valence-electron chi connectivity index (χ2n) is 3.10. The first kappa shape index (κ1) is 16.9. The zero-order chi connectivity index (χ0) is 11.8. The number of amides is 2. The molecule has 0 saturated carbocycles. The van der Waals surface area contributed by atoms with Crippen molar-refractivity contribution in [2.24, 2.45) is 22.2 Å². The van der Waals surface area contributed by atoms with Crippen molar-refractivity contribution in [3.8, 4) is 0 Å². The third-order valence-corrected chi connectivity index (χ3v) is 1.67. The molecule has 0 aliphatic rings. The van der Waals surface area contributed by atoms with E-state index in [1.54, 1.807) is 0 Å². The average molecular weight is 252 g/mol. The number of aliphatic imine (C=N–C) groups is 1. The van der Waals surface area contributed by atoms with Crippen molar-refractivity contribution in [1.82, 2.24) is 5.32 Å². The highest BCUT2D eigenvalue weighted by Crippen LogP contribution is 1.97. The highest BCUT2D eigenvalue weighted by molar-refractivity contribution is 5.85. The molecule has 0 aromatic rings. The molecule has 0 spiro atoms. The van der Waals surface area contributed by atoms with Crippen LogP contribution in [0.15, 0.2) is 4.99 Å². The first-order valence-electron chi connectivity index (χ1n) is 4.55. The molecule has 0 saturated heterocycles. The molecule has 0 aliphatic carbocycles.